The SMILES string of the molecule is NC(=O)C1(S(=O)(=O)c2ccc(OCCCC(=O)Nc3ccccc3O)cc2)CCOCC1. The van der Waals surface area contributed by atoms with Gasteiger partial charge in [-0.3, -0.25) is 9.59 Å². The van der Waals surface area contributed by atoms with Crippen molar-refractivity contribution in [2.45, 2.75) is 35.3 Å². The third-order valence-electron chi connectivity index (χ3n) is 5.39. The largest absolute Gasteiger partial charge is 0.506 e. The molecule has 0 radical (unpaired) electrons. The number of phenolic OH excluding ortho intramolecular Hbond substituents is 1. The van der Waals surface area contributed by atoms with E-state index in [-0.39, 0.29) is 55.6 Å². The minimum Gasteiger partial charge on any atom is -0.506 e. The van der Waals surface area contributed by atoms with Gasteiger partial charge in [-0.1, -0.05) is 12.1 Å². The predicted octanol–water partition coefficient (Wildman–Crippen LogP) is 2.00. The predicted molar refractivity (Wildman–Crippen MR) is 117 cm³/mol. The van der Waals surface area contributed by atoms with E-state index in [0.29, 0.717) is 17.9 Å². The first kappa shape index (κ1) is 23.6. The van der Waals surface area contributed by atoms with E-state index >= 15 is 0 Å². The van der Waals surface area contributed by atoms with Crippen LogP contribution in [0, 0.1) is 0 Å². The Morgan fingerprint density at radius 1 is 1.09 bits per heavy atom. The fraction of sp³-hybridized carbons (Fsp3) is 0.364. The molecular formula is C22H26N2O7S. The molecule has 0 bridgehead atoms. The molecule has 0 saturated carbocycles. The van der Waals surface area contributed by atoms with Gasteiger partial charge in [0, 0.05) is 19.6 Å². The van der Waals surface area contributed by atoms with Crippen LogP contribution in [0.25, 0.3) is 0 Å². The third kappa shape index (κ3) is 5.03. The minimum absolute atomic E-state index is 0.00686. The van der Waals surface area contributed by atoms with Crippen LogP contribution in [-0.4, -0.2) is 49.9 Å². The number of anilines is 1. The molecule has 2 aromatic rings. The number of nitrogens with one attached hydrogen (secondary N) is 1. The zero-order chi connectivity index (χ0) is 23.2. The molecule has 4 N–H and O–H groups in total. The van der Waals surface area contributed by atoms with Gasteiger partial charge in [0.25, 0.3) is 0 Å². The second kappa shape index (κ2) is 10.0. The summed E-state index contributed by atoms with van der Waals surface area (Å²) in [5, 5.41) is 12.3. The maximum Gasteiger partial charge on any atom is 0.239 e. The first-order chi connectivity index (χ1) is 15.3. The number of hydrogen-bond acceptors (Lipinski definition) is 7. The van der Waals surface area contributed by atoms with Gasteiger partial charge in [0.1, 0.15) is 11.5 Å². The van der Waals surface area contributed by atoms with Crippen LogP contribution in [0.4, 0.5) is 5.69 Å². The Hall–Kier alpha value is -3.11. The van der Waals surface area contributed by atoms with Crippen molar-refractivity contribution in [3.05, 3.63) is 48.5 Å². The van der Waals surface area contributed by atoms with E-state index in [4.69, 9.17) is 15.2 Å². The van der Waals surface area contributed by atoms with Crippen LogP contribution in [0.1, 0.15) is 25.7 Å². The Labute approximate surface area is 186 Å². The number of amides is 2. The Kier molecular flexibility index (Phi) is 7.37. The molecule has 10 heteroatoms. The van der Waals surface area contributed by atoms with E-state index in [2.05, 4.69) is 5.32 Å². The zero-order valence-corrected chi connectivity index (χ0v) is 18.3. The van der Waals surface area contributed by atoms with Crippen molar-refractivity contribution in [1.29, 1.82) is 0 Å². The summed E-state index contributed by atoms with van der Waals surface area (Å²) in [6.45, 7) is 0.546. The average Bonchev–Trinajstić information content (AvgIpc) is 2.79. The van der Waals surface area contributed by atoms with Gasteiger partial charge in [-0.25, -0.2) is 8.42 Å². The molecule has 1 fully saturated rings. The highest BCUT2D eigenvalue weighted by atomic mass is 32.2. The first-order valence-electron chi connectivity index (χ1n) is 10.2. The maximum absolute atomic E-state index is 13.1. The second-order valence-electron chi connectivity index (χ2n) is 7.46. The van der Waals surface area contributed by atoms with E-state index in [9.17, 15) is 23.1 Å². The van der Waals surface area contributed by atoms with Gasteiger partial charge in [-0.05, 0) is 55.7 Å². The number of phenols is 1. The van der Waals surface area contributed by atoms with E-state index < -0.39 is 20.5 Å². The van der Waals surface area contributed by atoms with Crippen molar-refractivity contribution >= 4 is 27.3 Å². The molecule has 0 atom stereocenters. The summed E-state index contributed by atoms with van der Waals surface area (Å²) in [6.07, 6.45) is 0.645. The van der Waals surface area contributed by atoms with E-state index in [1.165, 1.54) is 30.3 Å². The number of rotatable bonds is 9. The van der Waals surface area contributed by atoms with Crippen molar-refractivity contribution in [3.8, 4) is 11.5 Å². The maximum atomic E-state index is 13.1. The monoisotopic (exact) mass is 462 g/mol. The molecule has 1 aliphatic heterocycles. The summed E-state index contributed by atoms with van der Waals surface area (Å²) >= 11 is 0. The lowest BCUT2D eigenvalue weighted by molar-refractivity contribution is -0.123. The Morgan fingerprint density at radius 3 is 2.38 bits per heavy atom. The molecule has 2 aromatic carbocycles. The van der Waals surface area contributed by atoms with Gasteiger partial charge in [0.2, 0.25) is 11.8 Å². The van der Waals surface area contributed by atoms with Crippen LogP contribution < -0.4 is 15.8 Å². The van der Waals surface area contributed by atoms with Crippen molar-refractivity contribution in [1.82, 2.24) is 0 Å². The third-order valence-corrected chi connectivity index (χ3v) is 7.92. The van der Waals surface area contributed by atoms with Gasteiger partial charge in [0.15, 0.2) is 14.6 Å². The van der Waals surface area contributed by atoms with Crippen LogP contribution in [0.15, 0.2) is 53.4 Å². The summed E-state index contributed by atoms with van der Waals surface area (Å²) in [5.74, 6) is -0.704. The van der Waals surface area contributed by atoms with Crippen LogP contribution >= 0.6 is 0 Å². The summed E-state index contributed by atoms with van der Waals surface area (Å²) in [4.78, 5) is 24.0. The molecule has 32 heavy (non-hydrogen) atoms. The van der Waals surface area contributed by atoms with Gasteiger partial charge < -0.3 is 25.6 Å². The van der Waals surface area contributed by atoms with E-state index in [1.54, 1.807) is 18.2 Å². The minimum atomic E-state index is -3.99. The van der Waals surface area contributed by atoms with Crippen molar-refractivity contribution in [3.63, 3.8) is 0 Å². The summed E-state index contributed by atoms with van der Waals surface area (Å²) in [5.41, 5.74) is 5.81. The molecule has 9 nitrogen and oxygen atoms in total. The Bertz CT molecular complexity index is 1060. The number of hydrogen-bond donors (Lipinski definition) is 3. The van der Waals surface area contributed by atoms with Crippen molar-refractivity contribution in [2.75, 3.05) is 25.1 Å². The van der Waals surface area contributed by atoms with Crippen molar-refractivity contribution < 1.29 is 32.6 Å². The summed E-state index contributed by atoms with van der Waals surface area (Å²) < 4.78 is 35.3. The highest BCUT2D eigenvalue weighted by Crippen LogP contribution is 2.35. The second-order valence-corrected chi connectivity index (χ2v) is 9.72. The standard InChI is InChI=1S/C22H26N2O7S/c23-21(27)22(11-14-30-15-12-22)32(28,29)17-9-7-16(8-10-17)31-13-3-6-20(26)24-18-4-1-2-5-19(18)25/h1-2,4-5,7-10,25H,3,6,11-15H2,(H2,23,27)(H,24,26). The lowest BCUT2D eigenvalue weighted by Gasteiger charge is -2.33. The fourth-order valence-electron chi connectivity index (χ4n) is 3.50. The lowest BCUT2D eigenvalue weighted by Crippen LogP contribution is -2.53. The number of primary amides is 1. The molecule has 1 aliphatic rings. The molecule has 1 saturated heterocycles. The first-order valence-corrected chi connectivity index (χ1v) is 11.7. The summed E-state index contributed by atoms with van der Waals surface area (Å²) in [7, 11) is -3.99. The van der Waals surface area contributed by atoms with Gasteiger partial charge in [-0.15, -0.1) is 0 Å². The number of aromatic hydroxyl groups is 1. The molecular weight excluding hydrogens is 436 g/mol. The molecule has 0 aliphatic carbocycles. The number of benzene rings is 2. The molecule has 172 valence electrons. The highest BCUT2D eigenvalue weighted by Gasteiger charge is 2.51. The van der Waals surface area contributed by atoms with Crippen LogP contribution in [-0.2, 0) is 24.2 Å². The number of ether oxygens (including phenoxy) is 2. The van der Waals surface area contributed by atoms with Gasteiger partial charge >= 0.3 is 0 Å². The Morgan fingerprint density at radius 2 is 1.75 bits per heavy atom. The molecule has 0 aromatic heterocycles. The Balaban J connectivity index is 1.54. The lowest BCUT2D eigenvalue weighted by atomic mass is 9.98. The van der Waals surface area contributed by atoms with Crippen LogP contribution in [0.2, 0.25) is 0 Å². The van der Waals surface area contributed by atoms with Gasteiger partial charge in [-0.2, -0.15) is 0 Å². The topological polar surface area (TPSA) is 145 Å². The molecule has 2 amide bonds. The molecule has 0 unspecified atom stereocenters. The van der Waals surface area contributed by atoms with Crippen molar-refractivity contribution in [2.24, 2.45) is 5.73 Å². The van der Waals surface area contributed by atoms with Crippen LogP contribution in [0.5, 0.6) is 11.5 Å². The van der Waals surface area contributed by atoms with Gasteiger partial charge in [0.05, 0.1) is 17.2 Å². The van der Waals surface area contributed by atoms with E-state index in [0.717, 1.165) is 0 Å². The zero-order valence-electron chi connectivity index (χ0n) is 17.5. The average molecular weight is 463 g/mol. The van der Waals surface area contributed by atoms with Crippen LogP contribution in [0.3, 0.4) is 0 Å². The number of para-hydroxylation sites is 2. The quantitative estimate of drug-likeness (QED) is 0.382. The molecule has 3 rings (SSSR count). The molecule has 0 spiro atoms. The number of sulfone groups is 1. The number of nitrogens with two attached hydrogens (primary N) is 1. The normalized spacial score (nSPS) is 15.6. The molecule has 1 heterocycles. The number of carbonyl (C=O) groups is 2. The number of carbonyl (C=O) groups excluding carboxylic acids is 2. The smallest absolute Gasteiger partial charge is 0.239 e. The summed E-state index contributed by atoms with van der Waals surface area (Å²) in [6, 6.07) is 12.2. The van der Waals surface area contributed by atoms with E-state index in [1.807, 2.05) is 0 Å². The highest BCUT2D eigenvalue weighted by molar-refractivity contribution is 7.93. The fourth-order valence-corrected chi connectivity index (χ4v) is 5.42.